The Bertz CT molecular complexity index is 1550. The Balaban J connectivity index is 1.52. The van der Waals surface area contributed by atoms with Crippen molar-refractivity contribution in [1.82, 2.24) is 18.7 Å². The molecule has 1 aliphatic rings. The van der Waals surface area contributed by atoms with Crippen LogP contribution in [-0.4, -0.2) is 37.8 Å². The second-order valence-electron chi connectivity index (χ2n) is 9.57. The van der Waals surface area contributed by atoms with Crippen molar-refractivity contribution in [3.63, 3.8) is 0 Å². The number of esters is 1. The average Bonchev–Trinajstić information content (AvgIpc) is 3.29. The normalized spacial score (nSPS) is 15.1. The Kier molecular flexibility index (Phi) is 6.69. The number of aromatic nitrogens is 4. The van der Waals surface area contributed by atoms with Gasteiger partial charge in [0.25, 0.3) is 5.56 Å². The molecule has 4 aromatic rings. The molecule has 0 amide bonds. The quantitative estimate of drug-likeness (QED) is 0.360. The van der Waals surface area contributed by atoms with Crippen molar-refractivity contribution < 1.29 is 9.53 Å². The van der Waals surface area contributed by atoms with Crippen LogP contribution in [0.1, 0.15) is 36.2 Å². The molecule has 2 aromatic carbocycles. The molecule has 0 spiro atoms. The van der Waals surface area contributed by atoms with Crippen LogP contribution in [0.2, 0.25) is 0 Å². The molecule has 9 heteroatoms. The van der Waals surface area contributed by atoms with Gasteiger partial charge in [0.05, 0.1) is 12.2 Å². The molecule has 1 atom stereocenters. The van der Waals surface area contributed by atoms with Crippen molar-refractivity contribution in [2.45, 2.75) is 39.8 Å². The topological polar surface area (TPSA) is 91.4 Å². The molecule has 0 unspecified atom stereocenters. The lowest BCUT2D eigenvalue weighted by molar-refractivity contribution is 0.0526. The van der Waals surface area contributed by atoms with Crippen molar-refractivity contribution in [3.05, 3.63) is 86.6 Å². The first-order chi connectivity index (χ1) is 17.9. The Hall–Kier alpha value is -4.14. The smallest absolute Gasteiger partial charge is 0.338 e. The summed E-state index contributed by atoms with van der Waals surface area (Å²) in [6.07, 6.45) is 1.46. The molecule has 9 nitrogen and oxygen atoms in total. The van der Waals surface area contributed by atoms with E-state index in [-0.39, 0.29) is 23.1 Å². The molecule has 1 aliphatic heterocycles. The predicted octanol–water partition coefficient (Wildman–Crippen LogP) is 3.49. The molecule has 37 heavy (non-hydrogen) atoms. The summed E-state index contributed by atoms with van der Waals surface area (Å²) >= 11 is 0. The summed E-state index contributed by atoms with van der Waals surface area (Å²) in [5.41, 5.74) is 2.65. The van der Waals surface area contributed by atoms with Crippen LogP contribution in [0.15, 0.2) is 64.2 Å². The number of imidazole rings is 1. The molecule has 0 fully saturated rings. The number of ether oxygens (including phenoxy) is 1. The fourth-order valence-electron chi connectivity index (χ4n) is 5.00. The van der Waals surface area contributed by atoms with Crippen LogP contribution >= 0.6 is 0 Å². The van der Waals surface area contributed by atoms with E-state index < -0.39 is 0 Å². The Morgan fingerprint density at radius 2 is 1.78 bits per heavy atom. The summed E-state index contributed by atoms with van der Waals surface area (Å²) in [6, 6.07) is 17.2. The molecule has 5 rings (SSSR count). The number of hydrogen-bond acceptors (Lipinski definition) is 6. The van der Waals surface area contributed by atoms with Crippen molar-refractivity contribution >= 4 is 28.8 Å². The summed E-state index contributed by atoms with van der Waals surface area (Å²) < 4.78 is 9.82. The summed E-state index contributed by atoms with van der Waals surface area (Å²) in [5.74, 6) is 0.486. The predicted molar refractivity (Wildman–Crippen MR) is 143 cm³/mol. The minimum atomic E-state index is -0.365. The third-order valence-electron chi connectivity index (χ3n) is 6.82. The van der Waals surface area contributed by atoms with Gasteiger partial charge in [-0.3, -0.25) is 13.9 Å². The minimum absolute atomic E-state index is 0.234. The van der Waals surface area contributed by atoms with E-state index in [1.807, 2.05) is 51.9 Å². The average molecular weight is 502 g/mol. The lowest BCUT2D eigenvalue weighted by Gasteiger charge is -2.33. The van der Waals surface area contributed by atoms with E-state index in [1.165, 1.54) is 14.7 Å². The second kappa shape index (κ2) is 10.1. The molecular weight excluding hydrogens is 470 g/mol. The van der Waals surface area contributed by atoms with Gasteiger partial charge in [-0.25, -0.2) is 9.59 Å². The van der Waals surface area contributed by atoms with Gasteiger partial charge in [0.2, 0.25) is 5.95 Å². The number of aryl methyl sites for hydroxylation is 2. The van der Waals surface area contributed by atoms with Crippen LogP contribution in [0.5, 0.6) is 0 Å². The highest BCUT2D eigenvalue weighted by atomic mass is 16.5. The van der Waals surface area contributed by atoms with Crippen LogP contribution in [0, 0.1) is 5.92 Å². The molecule has 0 saturated carbocycles. The molecule has 0 aliphatic carbocycles. The van der Waals surface area contributed by atoms with Gasteiger partial charge in [0.1, 0.15) is 0 Å². The fourth-order valence-corrected chi connectivity index (χ4v) is 5.00. The summed E-state index contributed by atoms with van der Waals surface area (Å²) in [6.45, 7) is 5.87. The van der Waals surface area contributed by atoms with Crippen molar-refractivity contribution in [2.75, 3.05) is 18.1 Å². The zero-order valence-electron chi connectivity index (χ0n) is 21.4. The zero-order chi connectivity index (χ0) is 26.1. The van der Waals surface area contributed by atoms with Gasteiger partial charge in [0, 0.05) is 32.4 Å². The maximum atomic E-state index is 13.6. The van der Waals surface area contributed by atoms with Gasteiger partial charge in [-0.2, -0.15) is 4.98 Å². The van der Waals surface area contributed by atoms with Crippen LogP contribution in [0.4, 0.5) is 11.6 Å². The molecule has 0 radical (unpaired) electrons. The maximum absolute atomic E-state index is 13.6. The summed E-state index contributed by atoms with van der Waals surface area (Å²) in [5, 5.41) is 0. The Morgan fingerprint density at radius 1 is 1.05 bits per heavy atom. The number of benzene rings is 2. The highest BCUT2D eigenvalue weighted by molar-refractivity contribution is 5.90. The minimum Gasteiger partial charge on any atom is -0.462 e. The third kappa shape index (κ3) is 4.57. The van der Waals surface area contributed by atoms with Gasteiger partial charge in [-0.05, 0) is 55.5 Å². The van der Waals surface area contributed by atoms with E-state index in [1.54, 1.807) is 26.1 Å². The van der Waals surface area contributed by atoms with E-state index in [9.17, 15) is 14.4 Å². The van der Waals surface area contributed by atoms with Crippen LogP contribution in [0.25, 0.3) is 11.2 Å². The van der Waals surface area contributed by atoms with E-state index in [4.69, 9.17) is 9.72 Å². The van der Waals surface area contributed by atoms with Crippen molar-refractivity contribution in [3.8, 4) is 0 Å². The van der Waals surface area contributed by atoms with Crippen molar-refractivity contribution in [1.29, 1.82) is 0 Å². The fraction of sp³-hybridized carbons (Fsp3) is 0.357. The summed E-state index contributed by atoms with van der Waals surface area (Å²) in [4.78, 5) is 45.7. The third-order valence-corrected chi connectivity index (χ3v) is 6.82. The lowest BCUT2D eigenvalue weighted by atomic mass is 10.1. The first-order valence-electron chi connectivity index (χ1n) is 12.7. The van der Waals surface area contributed by atoms with E-state index in [2.05, 4.69) is 6.92 Å². The molecule has 0 bridgehead atoms. The van der Waals surface area contributed by atoms with Crippen molar-refractivity contribution in [2.24, 2.45) is 13.0 Å². The number of nitrogens with zero attached hydrogens (tertiary/aromatic N) is 5. The van der Waals surface area contributed by atoms with Gasteiger partial charge in [-0.1, -0.05) is 37.3 Å². The van der Waals surface area contributed by atoms with Gasteiger partial charge < -0.3 is 14.2 Å². The van der Waals surface area contributed by atoms with Crippen LogP contribution in [0.3, 0.4) is 0 Å². The first-order valence-corrected chi connectivity index (χ1v) is 12.7. The highest BCUT2D eigenvalue weighted by Gasteiger charge is 2.30. The molecule has 2 aromatic heterocycles. The number of rotatable bonds is 7. The number of anilines is 2. The van der Waals surface area contributed by atoms with E-state index in [0.29, 0.717) is 55.3 Å². The maximum Gasteiger partial charge on any atom is 0.338 e. The number of hydrogen-bond donors (Lipinski definition) is 0. The second-order valence-corrected chi connectivity index (χ2v) is 9.57. The standard InChI is InChI=1S/C28H31N5O4/c1-4-37-26(35)21-12-14-22(15-13-21)32-17-19(2)18-33-23-24(29-27(32)33)30(3)28(36)31(25(23)34)16-8-11-20-9-6-5-7-10-20/h5-7,9-10,12-15,19H,4,8,11,16-18H2,1-3H3/t19-/m1/s1. The monoisotopic (exact) mass is 501 g/mol. The SMILES string of the molecule is CCOC(=O)c1ccc(N2C[C@@H](C)Cn3c2nc2c3c(=O)n(CCCc3ccccc3)c(=O)n2C)cc1. The lowest BCUT2D eigenvalue weighted by Crippen LogP contribution is -2.40. The van der Waals surface area contributed by atoms with Gasteiger partial charge in [0.15, 0.2) is 11.2 Å². The Labute approximate surface area is 214 Å². The molecule has 3 heterocycles. The molecule has 0 N–H and O–H groups in total. The van der Waals surface area contributed by atoms with E-state index >= 15 is 0 Å². The van der Waals surface area contributed by atoms with E-state index in [0.717, 1.165) is 12.1 Å². The van der Waals surface area contributed by atoms with Crippen LogP contribution < -0.4 is 16.1 Å². The molecule has 192 valence electrons. The summed E-state index contributed by atoms with van der Waals surface area (Å²) in [7, 11) is 1.67. The molecular formula is C28H31N5O4. The largest absolute Gasteiger partial charge is 0.462 e. The zero-order valence-corrected chi connectivity index (χ0v) is 21.4. The Morgan fingerprint density at radius 3 is 2.49 bits per heavy atom. The first kappa shape index (κ1) is 24.5. The molecule has 0 saturated heterocycles. The van der Waals surface area contributed by atoms with Gasteiger partial charge >= 0.3 is 11.7 Å². The highest BCUT2D eigenvalue weighted by Crippen LogP contribution is 2.33. The van der Waals surface area contributed by atoms with Crippen LogP contribution in [-0.2, 0) is 31.3 Å². The number of carbonyl (C=O) groups excluding carboxylic acids is 1. The van der Waals surface area contributed by atoms with Gasteiger partial charge in [-0.15, -0.1) is 0 Å². The number of fused-ring (bicyclic) bond motifs is 3. The number of carbonyl (C=O) groups is 1.